The van der Waals surface area contributed by atoms with E-state index in [9.17, 15) is 19.7 Å². The Morgan fingerprint density at radius 2 is 1.74 bits per heavy atom. The van der Waals surface area contributed by atoms with Crippen molar-refractivity contribution in [2.24, 2.45) is 5.10 Å². The minimum atomic E-state index is -0.690. The van der Waals surface area contributed by atoms with Gasteiger partial charge in [-0.3, -0.25) is 19.7 Å². The minimum absolute atomic E-state index is 0.0920. The first-order valence-electron chi connectivity index (χ1n) is 8.83. The highest BCUT2D eigenvalue weighted by atomic mass is 79.9. The average Bonchev–Trinajstić information content (AvgIpc) is 3.19. The van der Waals surface area contributed by atoms with Crippen LogP contribution < -0.4 is 10.7 Å². The maximum atomic E-state index is 12.6. The van der Waals surface area contributed by atoms with Gasteiger partial charge in [0.2, 0.25) is 0 Å². The van der Waals surface area contributed by atoms with Crippen LogP contribution in [0, 0.1) is 10.1 Å². The molecule has 0 aliphatic carbocycles. The predicted molar refractivity (Wildman–Crippen MR) is 117 cm³/mol. The van der Waals surface area contributed by atoms with Crippen molar-refractivity contribution in [3.63, 3.8) is 0 Å². The van der Waals surface area contributed by atoms with E-state index in [4.69, 9.17) is 4.42 Å². The molecule has 1 heterocycles. The number of carbonyl (C=O) groups excluding carboxylic acids is 2. The summed E-state index contributed by atoms with van der Waals surface area (Å²) in [5.74, 6) is -0.784. The summed E-state index contributed by atoms with van der Waals surface area (Å²) in [5.41, 5.74) is 2.95. The van der Waals surface area contributed by atoms with Crippen molar-refractivity contribution < 1.29 is 18.9 Å². The van der Waals surface area contributed by atoms with Crippen molar-refractivity contribution in [1.82, 2.24) is 10.7 Å². The van der Waals surface area contributed by atoms with Gasteiger partial charge in [-0.1, -0.05) is 18.2 Å². The fourth-order valence-corrected chi connectivity index (χ4v) is 2.73. The van der Waals surface area contributed by atoms with Gasteiger partial charge in [-0.05, 0) is 64.0 Å². The largest absolute Gasteiger partial charge is 0.448 e. The maximum Gasteiger partial charge on any atom is 0.287 e. The molecule has 0 aliphatic rings. The summed E-state index contributed by atoms with van der Waals surface area (Å²) in [6.07, 6.45) is 2.68. The number of nitro benzene ring substituents is 1. The third-order valence-electron chi connectivity index (χ3n) is 3.90. The van der Waals surface area contributed by atoms with E-state index in [1.165, 1.54) is 36.6 Å². The molecule has 0 saturated carbocycles. The summed E-state index contributed by atoms with van der Waals surface area (Å²) < 4.78 is 5.76. The third kappa shape index (κ3) is 6.21. The molecule has 2 N–H and O–H groups in total. The van der Waals surface area contributed by atoms with Crippen molar-refractivity contribution in [2.45, 2.75) is 0 Å². The number of rotatable bonds is 7. The Balaban J connectivity index is 1.81. The number of halogens is 1. The molecular formula is C21H15BrN4O5. The average molecular weight is 483 g/mol. The van der Waals surface area contributed by atoms with E-state index in [1.54, 1.807) is 42.5 Å². The second-order valence-electron chi connectivity index (χ2n) is 6.07. The number of hydrogen-bond donors (Lipinski definition) is 2. The fraction of sp³-hybridized carbons (Fsp3) is 0. The van der Waals surface area contributed by atoms with Gasteiger partial charge in [0.25, 0.3) is 17.5 Å². The smallest absolute Gasteiger partial charge is 0.287 e. The maximum absolute atomic E-state index is 12.6. The first-order valence-corrected chi connectivity index (χ1v) is 9.63. The molecule has 0 spiro atoms. The topological polar surface area (TPSA) is 127 Å². The molecular weight excluding hydrogens is 468 g/mol. The van der Waals surface area contributed by atoms with Gasteiger partial charge < -0.3 is 9.73 Å². The number of carbonyl (C=O) groups is 2. The number of benzene rings is 2. The number of nitrogens with zero attached hydrogens (tertiary/aromatic N) is 2. The molecule has 9 nitrogen and oxygen atoms in total. The van der Waals surface area contributed by atoms with Crippen molar-refractivity contribution in [2.75, 3.05) is 0 Å². The van der Waals surface area contributed by atoms with Gasteiger partial charge in [-0.25, -0.2) is 5.43 Å². The summed E-state index contributed by atoms with van der Waals surface area (Å²) in [6, 6.07) is 17.2. The summed E-state index contributed by atoms with van der Waals surface area (Å²) in [6.45, 7) is 0. The monoisotopic (exact) mass is 482 g/mol. The molecule has 0 bridgehead atoms. The van der Waals surface area contributed by atoms with E-state index in [-0.39, 0.29) is 11.4 Å². The first kappa shape index (κ1) is 21.7. The normalized spacial score (nSPS) is 11.3. The molecule has 10 heteroatoms. The molecule has 0 atom stereocenters. The van der Waals surface area contributed by atoms with Crippen LogP contribution >= 0.6 is 15.9 Å². The van der Waals surface area contributed by atoms with Gasteiger partial charge in [0, 0.05) is 17.7 Å². The second-order valence-corrected chi connectivity index (χ2v) is 6.85. The van der Waals surface area contributed by atoms with Gasteiger partial charge >= 0.3 is 0 Å². The van der Waals surface area contributed by atoms with Crippen molar-refractivity contribution >= 4 is 45.7 Å². The minimum Gasteiger partial charge on any atom is -0.448 e. The SMILES string of the molecule is O=C(NN=Cc1ccc(Br)o1)C(=Cc1ccc([N+](=O)[O-])cc1)NC(=O)c1ccccc1. The fourth-order valence-electron chi connectivity index (χ4n) is 2.41. The van der Waals surface area contributed by atoms with E-state index in [1.807, 2.05) is 0 Å². The van der Waals surface area contributed by atoms with Crippen molar-refractivity contribution in [3.05, 3.63) is 104 Å². The zero-order chi connectivity index (χ0) is 22.2. The van der Waals surface area contributed by atoms with Crippen LogP contribution in [0.1, 0.15) is 21.7 Å². The van der Waals surface area contributed by atoms with Gasteiger partial charge in [-0.15, -0.1) is 0 Å². The summed E-state index contributed by atoms with van der Waals surface area (Å²) in [7, 11) is 0. The Morgan fingerprint density at radius 3 is 2.35 bits per heavy atom. The molecule has 3 aromatic rings. The van der Waals surface area contributed by atoms with E-state index in [2.05, 4.69) is 31.8 Å². The molecule has 0 saturated heterocycles. The van der Waals surface area contributed by atoms with Crippen LogP contribution in [-0.2, 0) is 4.79 Å². The van der Waals surface area contributed by atoms with Crippen molar-refractivity contribution in [3.8, 4) is 0 Å². The van der Waals surface area contributed by atoms with Crippen LogP contribution in [0.3, 0.4) is 0 Å². The number of amides is 2. The molecule has 3 rings (SSSR count). The summed E-state index contributed by atoms with van der Waals surface area (Å²) >= 11 is 3.16. The molecule has 1 aromatic heterocycles. The highest BCUT2D eigenvalue weighted by Gasteiger charge is 2.15. The highest BCUT2D eigenvalue weighted by Crippen LogP contribution is 2.15. The lowest BCUT2D eigenvalue weighted by atomic mass is 10.1. The second kappa shape index (κ2) is 10.1. The molecule has 0 aliphatic heterocycles. The van der Waals surface area contributed by atoms with Crippen molar-refractivity contribution in [1.29, 1.82) is 0 Å². The molecule has 2 amide bonds. The zero-order valence-corrected chi connectivity index (χ0v) is 17.4. The van der Waals surface area contributed by atoms with Crippen LogP contribution in [0.5, 0.6) is 0 Å². The van der Waals surface area contributed by atoms with Gasteiger partial charge in [0.15, 0.2) is 4.67 Å². The Kier molecular flexibility index (Phi) is 7.07. The lowest BCUT2D eigenvalue weighted by Crippen LogP contribution is -2.32. The molecule has 0 fully saturated rings. The summed E-state index contributed by atoms with van der Waals surface area (Å²) in [5, 5.41) is 17.2. The van der Waals surface area contributed by atoms with Gasteiger partial charge in [-0.2, -0.15) is 5.10 Å². The Hall–Kier alpha value is -4.05. The lowest BCUT2D eigenvalue weighted by molar-refractivity contribution is -0.384. The van der Waals surface area contributed by atoms with Crippen LogP contribution in [-0.4, -0.2) is 23.0 Å². The van der Waals surface area contributed by atoms with E-state index >= 15 is 0 Å². The first-order chi connectivity index (χ1) is 14.9. The zero-order valence-electron chi connectivity index (χ0n) is 15.8. The molecule has 156 valence electrons. The lowest BCUT2D eigenvalue weighted by Gasteiger charge is -2.09. The number of nitro groups is 1. The quantitative estimate of drug-likeness (QED) is 0.228. The number of hydrazone groups is 1. The number of non-ortho nitro benzene ring substituents is 1. The predicted octanol–water partition coefficient (Wildman–Crippen LogP) is 3.87. The number of hydrogen-bond acceptors (Lipinski definition) is 6. The summed E-state index contributed by atoms with van der Waals surface area (Å²) in [4.78, 5) is 35.4. The molecule has 31 heavy (non-hydrogen) atoms. The van der Waals surface area contributed by atoms with Crippen LogP contribution in [0.4, 0.5) is 5.69 Å². The highest BCUT2D eigenvalue weighted by molar-refractivity contribution is 9.10. The van der Waals surface area contributed by atoms with Gasteiger partial charge in [0.1, 0.15) is 11.5 Å². The van der Waals surface area contributed by atoms with E-state index in [0.29, 0.717) is 21.6 Å². The van der Waals surface area contributed by atoms with E-state index in [0.717, 1.165) is 0 Å². The Morgan fingerprint density at radius 1 is 1.03 bits per heavy atom. The number of furan rings is 1. The van der Waals surface area contributed by atoms with Crippen LogP contribution in [0.15, 0.2) is 86.6 Å². The van der Waals surface area contributed by atoms with Gasteiger partial charge in [0.05, 0.1) is 11.1 Å². The third-order valence-corrected chi connectivity index (χ3v) is 4.32. The molecule has 0 unspecified atom stereocenters. The van der Waals surface area contributed by atoms with E-state index < -0.39 is 16.7 Å². The standard InChI is InChI=1S/C21H15BrN4O5/c22-19-11-10-17(31-19)13-23-25-21(28)18(24-20(27)15-4-2-1-3-5-15)12-14-6-8-16(9-7-14)26(29)30/h1-13H,(H,24,27)(H,25,28). The molecule has 0 radical (unpaired) electrons. The Labute approximate surface area is 184 Å². The Bertz CT molecular complexity index is 1150. The molecule has 2 aromatic carbocycles. The van der Waals surface area contributed by atoms with Crippen LogP contribution in [0.25, 0.3) is 6.08 Å². The number of nitrogens with one attached hydrogen (secondary N) is 2. The van der Waals surface area contributed by atoms with Crippen LogP contribution in [0.2, 0.25) is 0 Å².